The molecular formula is C20H14ClNO2. The second kappa shape index (κ2) is 5.69. The Labute approximate surface area is 144 Å². The molecule has 0 aromatic heterocycles. The van der Waals surface area contributed by atoms with E-state index >= 15 is 0 Å². The molecule has 0 fully saturated rings. The number of para-hydroxylation sites is 1. The molecule has 0 saturated heterocycles. The van der Waals surface area contributed by atoms with Gasteiger partial charge >= 0.3 is 0 Å². The Bertz CT molecular complexity index is 893. The second-order valence-electron chi connectivity index (χ2n) is 5.60. The summed E-state index contributed by atoms with van der Waals surface area (Å²) in [6.07, 6.45) is 0. The van der Waals surface area contributed by atoms with Crippen LogP contribution in [0.5, 0.6) is 5.75 Å². The number of hydrogen-bond donors (Lipinski definition) is 1. The summed E-state index contributed by atoms with van der Waals surface area (Å²) < 4.78 is 6.27. The SMILES string of the molecule is O=C1Nc2ccccc2C1(Oc1ccc(Cl)cc1)c1ccccc1. The zero-order chi connectivity index (χ0) is 16.6. The number of anilines is 1. The molecule has 1 heterocycles. The lowest BCUT2D eigenvalue weighted by molar-refractivity contribution is -0.127. The topological polar surface area (TPSA) is 38.3 Å². The molecule has 0 bridgehead atoms. The first kappa shape index (κ1) is 14.8. The lowest BCUT2D eigenvalue weighted by Gasteiger charge is -2.29. The van der Waals surface area contributed by atoms with E-state index in [0.717, 1.165) is 16.8 Å². The number of carbonyl (C=O) groups excluding carboxylic acids is 1. The first-order valence-electron chi connectivity index (χ1n) is 7.61. The predicted octanol–water partition coefficient (Wildman–Crippen LogP) is 4.61. The van der Waals surface area contributed by atoms with Crippen molar-refractivity contribution in [3.8, 4) is 5.75 Å². The van der Waals surface area contributed by atoms with Gasteiger partial charge in [-0.3, -0.25) is 4.79 Å². The van der Waals surface area contributed by atoms with Crippen LogP contribution in [0.1, 0.15) is 11.1 Å². The van der Waals surface area contributed by atoms with E-state index in [2.05, 4.69) is 5.32 Å². The second-order valence-corrected chi connectivity index (χ2v) is 6.04. The lowest BCUT2D eigenvalue weighted by atomic mass is 9.87. The van der Waals surface area contributed by atoms with Crippen LogP contribution >= 0.6 is 11.6 Å². The van der Waals surface area contributed by atoms with Crippen LogP contribution in [0.4, 0.5) is 5.69 Å². The van der Waals surface area contributed by atoms with Crippen LogP contribution < -0.4 is 10.1 Å². The van der Waals surface area contributed by atoms with Crippen LogP contribution in [-0.4, -0.2) is 5.91 Å². The molecule has 1 N–H and O–H groups in total. The summed E-state index contributed by atoms with van der Waals surface area (Å²) >= 11 is 5.95. The summed E-state index contributed by atoms with van der Waals surface area (Å²) in [7, 11) is 0. The summed E-state index contributed by atoms with van der Waals surface area (Å²) in [5, 5.41) is 3.55. The molecule has 3 aromatic carbocycles. The van der Waals surface area contributed by atoms with E-state index in [1.807, 2.05) is 54.6 Å². The Balaban J connectivity index is 1.91. The first-order chi connectivity index (χ1) is 11.7. The van der Waals surface area contributed by atoms with E-state index in [1.165, 1.54) is 0 Å². The van der Waals surface area contributed by atoms with Gasteiger partial charge in [-0.05, 0) is 30.3 Å². The Morgan fingerprint density at radius 1 is 0.833 bits per heavy atom. The zero-order valence-corrected chi connectivity index (χ0v) is 13.5. The highest BCUT2D eigenvalue weighted by molar-refractivity contribution is 6.30. The lowest BCUT2D eigenvalue weighted by Crippen LogP contribution is -2.41. The molecule has 0 saturated carbocycles. The number of hydrogen-bond acceptors (Lipinski definition) is 2. The van der Waals surface area contributed by atoms with Crippen molar-refractivity contribution in [1.82, 2.24) is 0 Å². The Hall–Kier alpha value is -2.78. The summed E-state index contributed by atoms with van der Waals surface area (Å²) in [4.78, 5) is 13.0. The zero-order valence-electron chi connectivity index (χ0n) is 12.7. The summed E-state index contributed by atoms with van der Waals surface area (Å²) in [6.45, 7) is 0. The smallest absolute Gasteiger partial charge is 0.278 e. The first-order valence-corrected chi connectivity index (χ1v) is 7.99. The number of ether oxygens (including phenoxy) is 1. The fourth-order valence-corrected chi connectivity index (χ4v) is 3.16. The predicted molar refractivity (Wildman–Crippen MR) is 94.4 cm³/mol. The maximum absolute atomic E-state index is 13.0. The Morgan fingerprint density at radius 2 is 1.50 bits per heavy atom. The molecule has 1 aliphatic heterocycles. The number of benzene rings is 3. The molecule has 1 amide bonds. The minimum absolute atomic E-state index is 0.204. The molecule has 0 radical (unpaired) electrons. The van der Waals surface area contributed by atoms with Crippen LogP contribution in [0.15, 0.2) is 78.9 Å². The molecule has 0 spiro atoms. The minimum Gasteiger partial charge on any atom is -0.468 e. The van der Waals surface area contributed by atoms with Crippen molar-refractivity contribution in [3.63, 3.8) is 0 Å². The largest absolute Gasteiger partial charge is 0.468 e. The monoisotopic (exact) mass is 335 g/mol. The highest BCUT2D eigenvalue weighted by Crippen LogP contribution is 2.44. The molecule has 4 heteroatoms. The molecule has 1 atom stereocenters. The van der Waals surface area contributed by atoms with E-state index in [4.69, 9.17) is 16.3 Å². The van der Waals surface area contributed by atoms with E-state index in [9.17, 15) is 4.79 Å². The molecule has 1 aliphatic rings. The van der Waals surface area contributed by atoms with Gasteiger partial charge in [0.25, 0.3) is 5.91 Å². The third-order valence-corrected chi connectivity index (χ3v) is 4.39. The van der Waals surface area contributed by atoms with E-state index < -0.39 is 5.60 Å². The standard InChI is InChI=1S/C20H14ClNO2/c21-15-10-12-16(13-11-15)24-20(14-6-2-1-3-7-14)17-8-4-5-9-18(17)22-19(20)23/h1-13H,(H,22,23). The quantitative estimate of drug-likeness (QED) is 0.758. The van der Waals surface area contributed by atoms with Gasteiger partial charge in [0.2, 0.25) is 5.60 Å². The molecule has 0 aliphatic carbocycles. The van der Waals surface area contributed by atoms with Crippen molar-refractivity contribution < 1.29 is 9.53 Å². The third kappa shape index (κ3) is 2.25. The van der Waals surface area contributed by atoms with Crippen molar-refractivity contribution in [2.75, 3.05) is 5.32 Å². The van der Waals surface area contributed by atoms with Crippen LogP contribution in [0.25, 0.3) is 0 Å². The van der Waals surface area contributed by atoms with Crippen molar-refractivity contribution in [2.24, 2.45) is 0 Å². The normalized spacial score (nSPS) is 18.8. The molecule has 3 aromatic rings. The van der Waals surface area contributed by atoms with Gasteiger partial charge in [-0.25, -0.2) is 0 Å². The van der Waals surface area contributed by atoms with Crippen molar-refractivity contribution in [3.05, 3.63) is 95.0 Å². The number of fused-ring (bicyclic) bond motifs is 1. The highest BCUT2D eigenvalue weighted by Gasteiger charge is 2.50. The van der Waals surface area contributed by atoms with E-state index in [0.29, 0.717) is 10.8 Å². The molecule has 4 rings (SSSR count). The number of halogens is 1. The van der Waals surface area contributed by atoms with Crippen molar-refractivity contribution in [1.29, 1.82) is 0 Å². The van der Waals surface area contributed by atoms with Crippen LogP contribution in [0.2, 0.25) is 5.02 Å². The molecule has 1 unspecified atom stereocenters. The highest BCUT2D eigenvalue weighted by atomic mass is 35.5. The Morgan fingerprint density at radius 3 is 2.25 bits per heavy atom. The van der Waals surface area contributed by atoms with Gasteiger partial charge in [-0.1, -0.05) is 60.1 Å². The maximum atomic E-state index is 13.0. The van der Waals surface area contributed by atoms with Crippen LogP contribution in [0, 0.1) is 0 Å². The van der Waals surface area contributed by atoms with Gasteiger partial charge in [-0.15, -0.1) is 0 Å². The van der Waals surface area contributed by atoms with Crippen LogP contribution in [-0.2, 0) is 10.4 Å². The summed E-state index contributed by atoms with van der Waals surface area (Å²) in [5.41, 5.74) is 1.13. The van der Waals surface area contributed by atoms with Crippen LogP contribution in [0.3, 0.4) is 0 Å². The molecule has 24 heavy (non-hydrogen) atoms. The average molecular weight is 336 g/mol. The van der Waals surface area contributed by atoms with E-state index in [-0.39, 0.29) is 5.91 Å². The molecule has 118 valence electrons. The minimum atomic E-state index is -1.22. The van der Waals surface area contributed by atoms with E-state index in [1.54, 1.807) is 24.3 Å². The van der Waals surface area contributed by atoms with Gasteiger partial charge in [0, 0.05) is 21.8 Å². The third-order valence-electron chi connectivity index (χ3n) is 4.14. The van der Waals surface area contributed by atoms with Gasteiger partial charge in [-0.2, -0.15) is 0 Å². The number of nitrogens with one attached hydrogen (secondary N) is 1. The van der Waals surface area contributed by atoms with Crippen molar-refractivity contribution >= 4 is 23.2 Å². The average Bonchev–Trinajstić information content (AvgIpc) is 2.90. The maximum Gasteiger partial charge on any atom is 0.278 e. The van der Waals surface area contributed by atoms with Gasteiger partial charge in [0.15, 0.2) is 0 Å². The number of carbonyl (C=O) groups is 1. The van der Waals surface area contributed by atoms with Crippen molar-refractivity contribution in [2.45, 2.75) is 5.60 Å². The Kier molecular flexibility index (Phi) is 3.51. The van der Waals surface area contributed by atoms with Gasteiger partial charge in [0.1, 0.15) is 5.75 Å². The number of amides is 1. The molecule has 3 nitrogen and oxygen atoms in total. The summed E-state index contributed by atoms with van der Waals surface area (Å²) in [5.74, 6) is 0.375. The summed E-state index contributed by atoms with van der Waals surface area (Å²) in [6, 6.07) is 24.1. The number of rotatable bonds is 3. The molecular weight excluding hydrogens is 322 g/mol. The fraction of sp³-hybridized carbons (Fsp3) is 0.0500. The van der Waals surface area contributed by atoms with Gasteiger partial charge < -0.3 is 10.1 Å². The fourth-order valence-electron chi connectivity index (χ4n) is 3.03. The van der Waals surface area contributed by atoms with Gasteiger partial charge in [0.05, 0.1) is 0 Å².